The largest absolute Gasteiger partial charge is 0.309 e. The number of hydrogen-bond donors (Lipinski definition) is 0. The summed E-state index contributed by atoms with van der Waals surface area (Å²) in [6.07, 6.45) is 0. The van der Waals surface area contributed by atoms with Gasteiger partial charge in [0, 0.05) is 48.3 Å². The summed E-state index contributed by atoms with van der Waals surface area (Å²) in [6.45, 7) is 0. The van der Waals surface area contributed by atoms with Crippen molar-refractivity contribution in [2.45, 2.75) is 0 Å². The molecule has 0 amide bonds. The monoisotopic (exact) mass is 795 g/mol. The first-order valence-corrected chi connectivity index (χ1v) is 23.2. The molecule has 0 aliphatic heterocycles. The van der Waals surface area contributed by atoms with Gasteiger partial charge in [-0.25, -0.2) is 0 Å². The lowest BCUT2D eigenvalue weighted by atomic mass is 10.0. The Bertz CT molecular complexity index is 2920. The van der Waals surface area contributed by atoms with Crippen molar-refractivity contribution in [3.05, 3.63) is 237 Å². The molecule has 10 aromatic rings. The van der Waals surface area contributed by atoms with E-state index in [0.717, 1.165) is 81.6 Å². The van der Waals surface area contributed by atoms with E-state index in [9.17, 15) is 0 Å². The summed E-state index contributed by atoms with van der Waals surface area (Å²) in [4.78, 5) is 0. The first-order chi connectivity index (χ1) is 29.0. The van der Waals surface area contributed by atoms with Gasteiger partial charge in [-0.2, -0.15) is 0 Å². The Labute approximate surface area is 344 Å². The van der Waals surface area contributed by atoms with Crippen LogP contribution in [0.1, 0.15) is 0 Å². The van der Waals surface area contributed by atoms with Gasteiger partial charge in [0.15, 0.2) is 14.3 Å². The van der Waals surface area contributed by atoms with Gasteiger partial charge in [-0.3, -0.25) is 0 Å². The fourth-order valence-electron chi connectivity index (χ4n) is 8.45. The molecule has 0 N–H and O–H groups in total. The molecule has 0 saturated heterocycles. The van der Waals surface area contributed by atoms with Crippen molar-refractivity contribution >= 4 is 67.9 Å². The van der Waals surface area contributed by atoms with Gasteiger partial charge in [-0.1, -0.05) is 188 Å². The zero-order valence-corrected chi connectivity index (χ0v) is 34.0. The van der Waals surface area contributed by atoms with Gasteiger partial charge in [-0.15, -0.1) is 0 Å². The first-order valence-electron chi connectivity index (χ1n) is 19.8. The van der Waals surface area contributed by atoms with Crippen LogP contribution in [0.4, 0.5) is 0 Å². The van der Waals surface area contributed by atoms with Crippen molar-refractivity contribution in [2.75, 3.05) is 0 Å². The van der Waals surface area contributed by atoms with E-state index in [1.54, 1.807) is 0 Å². The lowest BCUT2D eigenvalue weighted by Gasteiger charge is -2.20. The summed E-state index contributed by atoms with van der Waals surface area (Å²) in [5.74, 6) is 0. The van der Waals surface area contributed by atoms with Gasteiger partial charge >= 0.3 is 0 Å². The fourth-order valence-corrected chi connectivity index (χ4v) is 13.8. The average molecular weight is 796 g/mol. The highest BCUT2D eigenvalue weighted by molar-refractivity contribution is 7.85. The average Bonchev–Trinajstić information content (AvgIpc) is 3.65. The molecule has 0 aliphatic carbocycles. The third-order valence-electron chi connectivity index (χ3n) is 11.3. The summed E-state index contributed by atoms with van der Waals surface area (Å²) < 4.78 is 33.0. The number of fused-ring (bicyclic) bond motifs is 3. The maximum Gasteiger partial charge on any atom is 0.171 e. The van der Waals surface area contributed by atoms with Crippen molar-refractivity contribution in [1.82, 2.24) is 4.57 Å². The van der Waals surface area contributed by atoms with Crippen LogP contribution < -0.4 is 31.8 Å². The van der Waals surface area contributed by atoms with Gasteiger partial charge in [-0.05, 0) is 70.8 Å². The van der Waals surface area contributed by atoms with Crippen LogP contribution >= 0.6 is 14.3 Å². The molecule has 0 spiro atoms. The predicted octanol–water partition coefficient (Wildman–Crippen LogP) is 11.4. The molecule has 5 heteroatoms. The normalized spacial score (nSPS) is 11.9. The molecule has 0 fully saturated rings. The highest BCUT2D eigenvalue weighted by Gasteiger charge is 2.31. The maximum absolute atomic E-state index is 15.3. The number of aromatic nitrogens is 1. The van der Waals surface area contributed by atoms with Gasteiger partial charge in [0.2, 0.25) is 0 Å². The van der Waals surface area contributed by atoms with Crippen LogP contribution in [0.25, 0.3) is 49.7 Å². The molecule has 0 bridgehead atoms. The zero-order chi connectivity index (χ0) is 39.8. The molecule has 0 saturated carbocycles. The number of nitrogens with zero attached hydrogens (tertiary/aromatic N) is 1. The molecular weight excluding hydrogens is 757 g/mol. The predicted molar refractivity (Wildman–Crippen MR) is 250 cm³/mol. The van der Waals surface area contributed by atoms with Crippen LogP contribution in [0.2, 0.25) is 0 Å². The lowest BCUT2D eigenvalue weighted by molar-refractivity contribution is 0.591. The third kappa shape index (κ3) is 6.41. The second kappa shape index (κ2) is 15.2. The van der Waals surface area contributed by atoms with Crippen molar-refractivity contribution in [3.63, 3.8) is 0 Å². The molecule has 1 aromatic heterocycles. The zero-order valence-electron chi connectivity index (χ0n) is 32.2. The third-order valence-corrected chi connectivity index (χ3v) is 17.5. The molecule has 9 aromatic carbocycles. The Morgan fingerprint density at radius 2 is 0.576 bits per heavy atom. The van der Waals surface area contributed by atoms with E-state index in [2.05, 4.69) is 89.5 Å². The molecular formula is C54H39NO2P2. The molecule has 10 rings (SSSR count). The Hall–Kier alpha value is -6.76. The minimum atomic E-state index is -3.17. The highest BCUT2D eigenvalue weighted by Crippen LogP contribution is 2.45. The van der Waals surface area contributed by atoms with E-state index in [-0.39, 0.29) is 0 Å². The highest BCUT2D eigenvalue weighted by atomic mass is 31.2. The molecule has 1 heterocycles. The quantitative estimate of drug-likeness (QED) is 0.137. The Balaban J connectivity index is 1.14. The van der Waals surface area contributed by atoms with E-state index < -0.39 is 14.3 Å². The molecule has 3 nitrogen and oxygen atoms in total. The number of para-hydroxylation sites is 1. The Kier molecular flexibility index (Phi) is 9.42. The number of benzene rings is 9. The second-order valence-corrected chi connectivity index (χ2v) is 20.3. The summed E-state index contributed by atoms with van der Waals surface area (Å²) in [5, 5.41) is 7.05. The molecule has 0 radical (unpaired) electrons. The SMILES string of the molecule is O=P(c1ccccc1)(c1ccccc1)c1cccc(-c2ccc3c(c2)c2cc(-c4cccc(P(=O)(c5ccccc5)c5ccccc5)c4)ccc2n3-c2ccccc2)c1. The van der Waals surface area contributed by atoms with Crippen LogP contribution in [0.5, 0.6) is 0 Å². The van der Waals surface area contributed by atoms with Crippen molar-refractivity contribution in [1.29, 1.82) is 0 Å². The van der Waals surface area contributed by atoms with Crippen molar-refractivity contribution < 1.29 is 9.13 Å². The van der Waals surface area contributed by atoms with E-state index in [0.29, 0.717) is 0 Å². The van der Waals surface area contributed by atoms with Crippen LogP contribution in [-0.2, 0) is 9.13 Å². The van der Waals surface area contributed by atoms with E-state index >= 15 is 9.13 Å². The summed E-state index contributed by atoms with van der Waals surface area (Å²) in [7, 11) is -6.34. The molecule has 0 atom stereocenters. The fraction of sp³-hybridized carbons (Fsp3) is 0. The van der Waals surface area contributed by atoms with E-state index in [1.807, 2.05) is 152 Å². The Morgan fingerprint density at radius 3 is 0.932 bits per heavy atom. The molecule has 59 heavy (non-hydrogen) atoms. The number of rotatable bonds is 9. The first kappa shape index (κ1) is 36.6. The van der Waals surface area contributed by atoms with E-state index in [1.165, 1.54) is 0 Å². The van der Waals surface area contributed by atoms with Gasteiger partial charge in [0.25, 0.3) is 0 Å². The number of hydrogen-bond acceptors (Lipinski definition) is 2. The molecule has 0 aliphatic rings. The van der Waals surface area contributed by atoms with Crippen LogP contribution in [0.15, 0.2) is 237 Å². The smallest absolute Gasteiger partial charge is 0.171 e. The summed E-state index contributed by atoms with van der Waals surface area (Å²) >= 11 is 0. The summed E-state index contributed by atoms with van der Waals surface area (Å²) in [6, 6.07) is 79.5. The topological polar surface area (TPSA) is 39.1 Å². The van der Waals surface area contributed by atoms with Gasteiger partial charge in [0.1, 0.15) is 0 Å². The molecule has 282 valence electrons. The van der Waals surface area contributed by atoms with Crippen LogP contribution in [0.3, 0.4) is 0 Å². The van der Waals surface area contributed by atoms with Crippen LogP contribution in [-0.4, -0.2) is 4.57 Å². The van der Waals surface area contributed by atoms with Crippen LogP contribution in [0, 0.1) is 0 Å². The lowest BCUT2D eigenvalue weighted by Crippen LogP contribution is -2.25. The maximum atomic E-state index is 15.3. The van der Waals surface area contributed by atoms with Crippen molar-refractivity contribution in [2.24, 2.45) is 0 Å². The Morgan fingerprint density at radius 1 is 0.271 bits per heavy atom. The van der Waals surface area contributed by atoms with Gasteiger partial charge < -0.3 is 13.7 Å². The van der Waals surface area contributed by atoms with E-state index in [4.69, 9.17) is 0 Å². The standard InChI is InChI=1S/C54H39NO2P2/c56-58(45-22-8-2-9-23-45,46-24-10-3-11-25-46)49-30-16-18-40(36-49)42-32-34-53-51(38-42)52-39-43(33-35-54(52)55(53)44-20-6-1-7-21-44)41-19-17-31-50(37-41)59(57,47-26-12-4-13-27-47)48-28-14-5-15-29-48/h1-39H. The minimum absolute atomic E-state index is 0.796. The summed E-state index contributed by atoms with van der Waals surface area (Å²) in [5.41, 5.74) is 7.34. The minimum Gasteiger partial charge on any atom is -0.309 e. The van der Waals surface area contributed by atoms with Crippen molar-refractivity contribution in [3.8, 4) is 27.9 Å². The molecule has 0 unspecified atom stereocenters. The van der Waals surface area contributed by atoms with Gasteiger partial charge in [0.05, 0.1) is 11.0 Å². The second-order valence-electron chi connectivity index (χ2n) is 14.8.